The SMILES string of the molecule is COC(=O)c1cc(N2CCC(Sc3ccccc3C)CC2)ncn1. The number of anilines is 1. The van der Waals surface area contributed by atoms with Crippen LogP contribution in [-0.4, -0.2) is 41.4 Å². The van der Waals surface area contributed by atoms with E-state index in [9.17, 15) is 4.79 Å². The minimum atomic E-state index is -0.427. The first-order chi connectivity index (χ1) is 11.7. The van der Waals surface area contributed by atoms with Crippen LogP contribution < -0.4 is 4.90 Å². The number of thioether (sulfide) groups is 1. The summed E-state index contributed by atoms with van der Waals surface area (Å²) >= 11 is 1.97. The highest BCUT2D eigenvalue weighted by Gasteiger charge is 2.22. The topological polar surface area (TPSA) is 55.3 Å². The fourth-order valence-electron chi connectivity index (χ4n) is 2.81. The summed E-state index contributed by atoms with van der Waals surface area (Å²) in [4.78, 5) is 23.5. The number of aromatic nitrogens is 2. The molecule has 0 unspecified atom stereocenters. The fourth-order valence-corrected chi connectivity index (χ4v) is 4.02. The molecule has 2 aromatic rings. The molecule has 1 aromatic heterocycles. The number of hydrogen-bond donors (Lipinski definition) is 0. The molecule has 0 aliphatic carbocycles. The van der Waals surface area contributed by atoms with Gasteiger partial charge in [-0.1, -0.05) is 18.2 Å². The van der Waals surface area contributed by atoms with Gasteiger partial charge in [0.1, 0.15) is 12.1 Å². The molecule has 0 atom stereocenters. The van der Waals surface area contributed by atoms with Crippen molar-refractivity contribution in [3.8, 4) is 0 Å². The number of rotatable bonds is 4. The lowest BCUT2D eigenvalue weighted by Crippen LogP contribution is -2.35. The molecule has 1 saturated heterocycles. The highest BCUT2D eigenvalue weighted by molar-refractivity contribution is 8.00. The second-order valence-corrected chi connectivity index (χ2v) is 7.16. The highest BCUT2D eigenvalue weighted by Crippen LogP contribution is 2.33. The summed E-state index contributed by atoms with van der Waals surface area (Å²) in [5, 5.41) is 0.615. The number of ether oxygens (including phenoxy) is 1. The van der Waals surface area contributed by atoms with Crippen LogP contribution in [0.5, 0.6) is 0 Å². The molecule has 6 heteroatoms. The van der Waals surface area contributed by atoms with Crippen LogP contribution in [0.3, 0.4) is 0 Å². The molecule has 1 aliphatic heterocycles. The molecule has 0 radical (unpaired) electrons. The van der Waals surface area contributed by atoms with Gasteiger partial charge in [-0.3, -0.25) is 0 Å². The van der Waals surface area contributed by atoms with Crippen molar-refractivity contribution < 1.29 is 9.53 Å². The minimum absolute atomic E-state index is 0.305. The number of aryl methyl sites for hydroxylation is 1. The zero-order valence-electron chi connectivity index (χ0n) is 13.9. The normalized spacial score (nSPS) is 15.3. The molecule has 0 amide bonds. The minimum Gasteiger partial charge on any atom is -0.464 e. The summed E-state index contributed by atoms with van der Waals surface area (Å²) in [6.45, 7) is 4.02. The fraction of sp³-hybridized carbons (Fsp3) is 0.389. The van der Waals surface area contributed by atoms with E-state index in [0.29, 0.717) is 10.9 Å². The maximum atomic E-state index is 11.6. The van der Waals surface area contributed by atoms with Crippen LogP contribution in [0.15, 0.2) is 41.6 Å². The Morgan fingerprint density at radius 3 is 2.71 bits per heavy atom. The molecule has 0 saturated carbocycles. The molecule has 1 aliphatic rings. The van der Waals surface area contributed by atoms with E-state index < -0.39 is 5.97 Å². The predicted octanol–water partition coefficient (Wildman–Crippen LogP) is 3.33. The van der Waals surface area contributed by atoms with Gasteiger partial charge in [0.05, 0.1) is 7.11 Å². The number of carbonyl (C=O) groups excluding carboxylic acids is 1. The quantitative estimate of drug-likeness (QED) is 0.794. The third-order valence-electron chi connectivity index (χ3n) is 4.20. The average Bonchev–Trinajstić information content (AvgIpc) is 2.64. The van der Waals surface area contributed by atoms with E-state index in [1.54, 1.807) is 6.07 Å². The molecule has 3 rings (SSSR count). The van der Waals surface area contributed by atoms with Gasteiger partial charge < -0.3 is 9.64 Å². The second-order valence-electron chi connectivity index (χ2n) is 5.82. The number of piperidine rings is 1. The van der Waals surface area contributed by atoms with Crippen molar-refractivity contribution in [1.29, 1.82) is 0 Å². The van der Waals surface area contributed by atoms with Gasteiger partial charge in [0.2, 0.25) is 0 Å². The third kappa shape index (κ3) is 3.87. The summed E-state index contributed by atoms with van der Waals surface area (Å²) in [6.07, 6.45) is 3.61. The van der Waals surface area contributed by atoms with Crippen LogP contribution in [-0.2, 0) is 4.74 Å². The van der Waals surface area contributed by atoms with E-state index >= 15 is 0 Å². The van der Waals surface area contributed by atoms with Gasteiger partial charge >= 0.3 is 5.97 Å². The molecule has 2 heterocycles. The lowest BCUT2D eigenvalue weighted by Gasteiger charge is -2.32. The zero-order chi connectivity index (χ0) is 16.9. The molecule has 0 spiro atoms. The van der Waals surface area contributed by atoms with Crippen LogP contribution in [0, 0.1) is 6.92 Å². The predicted molar refractivity (Wildman–Crippen MR) is 95.6 cm³/mol. The molecule has 5 nitrogen and oxygen atoms in total. The number of methoxy groups -OCH3 is 1. The highest BCUT2D eigenvalue weighted by atomic mass is 32.2. The van der Waals surface area contributed by atoms with Crippen LogP contribution >= 0.6 is 11.8 Å². The van der Waals surface area contributed by atoms with Crippen LogP contribution in [0.1, 0.15) is 28.9 Å². The molecule has 1 fully saturated rings. The van der Waals surface area contributed by atoms with Crippen molar-refractivity contribution in [3.05, 3.63) is 47.9 Å². The summed E-state index contributed by atoms with van der Waals surface area (Å²) in [7, 11) is 1.36. The summed E-state index contributed by atoms with van der Waals surface area (Å²) < 4.78 is 4.72. The van der Waals surface area contributed by atoms with Gasteiger partial charge in [-0.25, -0.2) is 14.8 Å². The summed E-state index contributed by atoms with van der Waals surface area (Å²) in [5.41, 5.74) is 1.64. The Morgan fingerprint density at radius 1 is 1.25 bits per heavy atom. The molecular formula is C18H21N3O2S. The summed E-state index contributed by atoms with van der Waals surface area (Å²) in [6, 6.07) is 10.2. The Balaban J connectivity index is 1.61. The molecule has 0 N–H and O–H groups in total. The molecule has 24 heavy (non-hydrogen) atoms. The van der Waals surface area contributed by atoms with Crippen molar-refractivity contribution >= 4 is 23.5 Å². The number of nitrogens with zero attached hydrogens (tertiary/aromatic N) is 3. The zero-order valence-corrected chi connectivity index (χ0v) is 14.8. The van der Waals surface area contributed by atoms with E-state index in [-0.39, 0.29) is 0 Å². The van der Waals surface area contributed by atoms with Crippen LogP contribution in [0.2, 0.25) is 0 Å². The van der Waals surface area contributed by atoms with Crippen molar-refractivity contribution in [2.24, 2.45) is 0 Å². The van der Waals surface area contributed by atoms with E-state index in [1.807, 2.05) is 11.8 Å². The van der Waals surface area contributed by atoms with E-state index in [2.05, 4.69) is 46.1 Å². The Labute approximate surface area is 146 Å². The van der Waals surface area contributed by atoms with E-state index in [4.69, 9.17) is 4.74 Å². The first-order valence-electron chi connectivity index (χ1n) is 8.05. The van der Waals surface area contributed by atoms with Crippen molar-refractivity contribution in [1.82, 2.24) is 9.97 Å². The number of carbonyl (C=O) groups is 1. The van der Waals surface area contributed by atoms with Crippen LogP contribution in [0.4, 0.5) is 5.82 Å². The van der Waals surface area contributed by atoms with E-state index in [0.717, 1.165) is 31.7 Å². The van der Waals surface area contributed by atoms with Gasteiger partial charge in [0.25, 0.3) is 0 Å². The first-order valence-corrected chi connectivity index (χ1v) is 8.93. The van der Waals surface area contributed by atoms with Gasteiger partial charge in [0, 0.05) is 29.3 Å². The Bertz CT molecular complexity index is 715. The largest absolute Gasteiger partial charge is 0.464 e. The van der Waals surface area contributed by atoms with Crippen molar-refractivity contribution in [3.63, 3.8) is 0 Å². The summed E-state index contributed by atoms with van der Waals surface area (Å²) in [5.74, 6) is 0.369. The standard InChI is InChI=1S/C18H21N3O2S/c1-13-5-3-4-6-16(13)24-14-7-9-21(10-8-14)17-11-15(18(22)23-2)19-12-20-17/h3-6,11-12,14H,7-10H2,1-2H3. The number of benzene rings is 1. The third-order valence-corrected chi connectivity index (χ3v) is 5.72. The Hall–Kier alpha value is -2.08. The molecule has 126 valence electrons. The number of esters is 1. The lowest BCUT2D eigenvalue weighted by atomic mass is 10.1. The van der Waals surface area contributed by atoms with Gasteiger partial charge in [-0.15, -0.1) is 11.8 Å². The second kappa shape index (κ2) is 7.66. The van der Waals surface area contributed by atoms with Gasteiger partial charge in [-0.2, -0.15) is 0 Å². The maximum absolute atomic E-state index is 11.6. The number of hydrogen-bond acceptors (Lipinski definition) is 6. The Kier molecular flexibility index (Phi) is 5.35. The monoisotopic (exact) mass is 343 g/mol. The maximum Gasteiger partial charge on any atom is 0.356 e. The van der Waals surface area contributed by atoms with Gasteiger partial charge in [-0.05, 0) is 31.4 Å². The van der Waals surface area contributed by atoms with Crippen molar-refractivity contribution in [2.45, 2.75) is 29.9 Å². The van der Waals surface area contributed by atoms with Crippen LogP contribution in [0.25, 0.3) is 0 Å². The smallest absolute Gasteiger partial charge is 0.356 e. The molecular weight excluding hydrogens is 322 g/mol. The molecule has 1 aromatic carbocycles. The first kappa shape index (κ1) is 16.8. The Morgan fingerprint density at radius 2 is 2.00 bits per heavy atom. The van der Waals surface area contributed by atoms with Crippen molar-refractivity contribution in [2.75, 3.05) is 25.1 Å². The average molecular weight is 343 g/mol. The van der Waals surface area contributed by atoms with Gasteiger partial charge in [0.15, 0.2) is 5.69 Å². The molecule has 0 bridgehead atoms. The lowest BCUT2D eigenvalue weighted by molar-refractivity contribution is 0.0594. The van der Waals surface area contributed by atoms with E-state index in [1.165, 1.54) is 23.9 Å².